The summed E-state index contributed by atoms with van der Waals surface area (Å²) in [7, 11) is 4.71. The van der Waals surface area contributed by atoms with Crippen molar-refractivity contribution in [2.24, 2.45) is 0 Å². The molecular weight excluding hydrogens is 494 g/mol. The number of hydrogen-bond donors (Lipinski definition) is 2. The van der Waals surface area contributed by atoms with Crippen LogP contribution in [0.1, 0.15) is 39.3 Å². The van der Waals surface area contributed by atoms with Crippen LogP contribution in [-0.2, 0) is 6.42 Å². The minimum absolute atomic E-state index is 0. The number of anilines is 1. The highest BCUT2D eigenvalue weighted by atomic mass is 35.5. The van der Waals surface area contributed by atoms with Gasteiger partial charge in [-0.2, -0.15) is 0 Å². The SMILES string of the molecule is C.COc1cc(Cl)cc(C(=O)Nc2ccc(Cl)cn2)c1CC(=O)c1ccc(C(=N)N(C)C)cc1F. The maximum atomic E-state index is 14.8. The summed E-state index contributed by atoms with van der Waals surface area (Å²) in [5.41, 5.74) is 0.491. The van der Waals surface area contributed by atoms with E-state index in [1.807, 2.05) is 0 Å². The van der Waals surface area contributed by atoms with Crippen LogP contribution in [-0.4, -0.2) is 48.6 Å². The Hall–Kier alpha value is -3.49. The Labute approximate surface area is 213 Å². The number of methoxy groups -OCH3 is 1. The summed E-state index contributed by atoms with van der Waals surface area (Å²) < 4.78 is 20.1. The first-order valence-corrected chi connectivity index (χ1v) is 10.7. The summed E-state index contributed by atoms with van der Waals surface area (Å²) in [6, 6.07) is 9.91. The van der Waals surface area contributed by atoms with E-state index in [9.17, 15) is 14.0 Å². The van der Waals surface area contributed by atoms with Crippen molar-refractivity contribution in [3.8, 4) is 5.75 Å². The third kappa shape index (κ3) is 6.55. The van der Waals surface area contributed by atoms with Gasteiger partial charge in [0.2, 0.25) is 0 Å². The lowest BCUT2D eigenvalue weighted by molar-refractivity contribution is 0.0987. The average Bonchev–Trinajstić information content (AvgIpc) is 2.80. The Morgan fingerprint density at radius 2 is 1.80 bits per heavy atom. The third-order valence-corrected chi connectivity index (χ3v) is 5.38. The number of benzene rings is 2. The molecule has 0 unspecified atom stereocenters. The molecule has 3 aromatic rings. The van der Waals surface area contributed by atoms with Gasteiger partial charge in [0.05, 0.1) is 17.7 Å². The molecule has 0 fully saturated rings. The molecule has 2 aromatic carbocycles. The van der Waals surface area contributed by atoms with Gasteiger partial charge in [-0.1, -0.05) is 36.7 Å². The maximum absolute atomic E-state index is 14.8. The van der Waals surface area contributed by atoms with Gasteiger partial charge in [0.15, 0.2) is 5.78 Å². The van der Waals surface area contributed by atoms with Crippen LogP contribution in [0.3, 0.4) is 0 Å². The maximum Gasteiger partial charge on any atom is 0.257 e. The Balaban J connectivity index is 0.00000432. The number of ether oxygens (including phenoxy) is 1. The second-order valence-electron chi connectivity index (χ2n) is 7.49. The molecule has 0 aliphatic carbocycles. The molecule has 2 N–H and O–H groups in total. The molecule has 0 spiro atoms. The van der Waals surface area contributed by atoms with E-state index in [4.69, 9.17) is 33.3 Å². The zero-order valence-electron chi connectivity index (χ0n) is 18.6. The Morgan fingerprint density at radius 3 is 2.37 bits per heavy atom. The zero-order valence-corrected chi connectivity index (χ0v) is 20.1. The van der Waals surface area contributed by atoms with Gasteiger partial charge in [0.1, 0.15) is 23.2 Å². The number of rotatable bonds is 7. The molecule has 0 aliphatic heterocycles. The zero-order chi connectivity index (χ0) is 25.0. The molecule has 7 nitrogen and oxygen atoms in total. The molecule has 1 heterocycles. The summed E-state index contributed by atoms with van der Waals surface area (Å²) in [4.78, 5) is 31.6. The molecule has 0 bridgehead atoms. The molecule has 0 aliphatic rings. The molecule has 3 rings (SSSR count). The van der Waals surface area contributed by atoms with Crippen molar-refractivity contribution >= 4 is 46.5 Å². The summed E-state index contributed by atoms with van der Waals surface area (Å²) in [5, 5.41) is 11.2. The second-order valence-corrected chi connectivity index (χ2v) is 8.36. The van der Waals surface area contributed by atoms with Crippen LogP contribution >= 0.6 is 23.2 Å². The van der Waals surface area contributed by atoms with Crippen LogP contribution in [0.25, 0.3) is 0 Å². The summed E-state index contributed by atoms with van der Waals surface area (Å²) in [6.45, 7) is 0. The van der Waals surface area contributed by atoms with E-state index in [0.717, 1.165) is 6.07 Å². The summed E-state index contributed by atoms with van der Waals surface area (Å²) >= 11 is 12.0. The highest BCUT2D eigenvalue weighted by molar-refractivity contribution is 6.31. The van der Waals surface area contributed by atoms with E-state index in [-0.39, 0.29) is 53.0 Å². The number of amidine groups is 1. The minimum Gasteiger partial charge on any atom is -0.496 e. The monoisotopic (exact) mass is 518 g/mol. The number of pyridine rings is 1. The van der Waals surface area contributed by atoms with Crippen LogP contribution in [0.2, 0.25) is 10.0 Å². The van der Waals surface area contributed by atoms with E-state index in [1.54, 1.807) is 20.2 Å². The molecule has 0 radical (unpaired) electrons. The molecule has 1 aromatic heterocycles. The van der Waals surface area contributed by atoms with Crippen molar-refractivity contribution in [2.75, 3.05) is 26.5 Å². The van der Waals surface area contributed by atoms with Crippen LogP contribution in [0.5, 0.6) is 5.75 Å². The number of Topliss-reactive ketones (excluding diaryl/α,β-unsaturated/α-hetero) is 1. The Bertz CT molecular complexity index is 1260. The van der Waals surface area contributed by atoms with Gasteiger partial charge in [0, 0.05) is 48.4 Å². The van der Waals surface area contributed by atoms with E-state index in [0.29, 0.717) is 10.6 Å². The predicted molar refractivity (Wildman–Crippen MR) is 137 cm³/mol. The van der Waals surface area contributed by atoms with Crippen molar-refractivity contribution in [2.45, 2.75) is 13.8 Å². The summed E-state index contributed by atoms with van der Waals surface area (Å²) in [5.74, 6) is -1.35. The van der Waals surface area contributed by atoms with Gasteiger partial charge in [-0.05, 0) is 36.4 Å². The number of carbonyl (C=O) groups is 2. The van der Waals surface area contributed by atoms with Crippen LogP contribution in [0, 0.1) is 11.2 Å². The fourth-order valence-corrected chi connectivity index (χ4v) is 3.53. The van der Waals surface area contributed by atoms with Crippen molar-refractivity contribution in [3.63, 3.8) is 0 Å². The molecular formula is C25H25Cl2FN4O3. The number of amides is 1. The molecule has 0 atom stereocenters. The van der Waals surface area contributed by atoms with Gasteiger partial charge in [-0.15, -0.1) is 0 Å². The quantitative estimate of drug-likeness (QED) is 0.236. The van der Waals surface area contributed by atoms with Crippen molar-refractivity contribution in [3.05, 3.63) is 86.8 Å². The van der Waals surface area contributed by atoms with Crippen LogP contribution in [0.4, 0.5) is 10.2 Å². The molecule has 0 saturated carbocycles. The molecule has 35 heavy (non-hydrogen) atoms. The fraction of sp³-hybridized carbons (Fsp3) is 0.200. The second kappa shape index (κ2) is 11.8. The van der Waals surface area contributed by atoms with Gasteiger partial charge in [-0.3, -0.25) is 15.0 Å². The smallest absolute Gasteiger partial charge is 0.257 e. The lowest BCUT2D eigenvalue weighted by Crippen LogP contribution is -2.22. The lowest BCUT2D eigenvalue weighted by Gasteiger charge is -2.16. The number of halogens is 3. The molecule has 1 amide bonds. The van der Waals surface area contributed by atoms with Crippen molar-refractivity contribution in [1.29, 1.82) is 5.41 Å². The number of hydrogen-bond acceptors (Lipinski definition) is 5. The third-order valence-electron chi connectivity index (χ3n) is 4.93. The Morgan fingerprint density at radius 1 is 1.09 bits per heavy atom. The van der Waals surface area contributed by atoms with Crippen LogP contribution < -0.4 is 10.1 Å². The van der Waals surface area contributed by atoms with Gasteiger partial charge >= 0.3 is 0 Å². The van der Waals surface area contributed by atoms with E-state index in [2.05, 4.69) is 10.3 Å². The molecule has 184 valence electrons. The van der Waals surface area contributed by atoms with Gasteiger partial charge in [0.25, 0.3) is 5.91 Å². The highest BCUT2D eigenvalue weighted by Gasteiger charge is 2.23. The minimum atomic E-state index is -0.765. The standard InChI is InChI=1S/C24H21Cl2FN4O3.CH4/c1-31(2)23(28)13-4-6-16(19(27)8-13)20(32)11-17-18(9-15(26)10-21(17)34-3)24(33)30-22-7-5-14(25)12-29-22;/h4-10,12,28H,11H2,1-3H3,(H,29,30,33);1H4. The summed E-state index contributed by atoms with van der Waals surface area (Å²) in [6.07, 6.45) is 1.06. The van der Waals surface area contributed by atoms with E-state index >= 15 is 0 Å². The van der Waals surface area contributed by atoms with Crippen molar-refractivity contribution < 1.29 is 18.7 Å². The predicted octanol–water partition coefficient (Wildman–Crippen LogP) is 5.74. The van der Waals surface area contributed by atoms with Crippen LogP contribution in [0.15, 0.2) is 48.7 Å². The Kier molecular flexibility index (Phi) is 9.33. The fourth-order valence-electron chi connectivity index (χ4n) is 3.21. The number of nitrogens with zero attached hydrogens (tertiary/aromatic N) is 2. The van der Waals surface area contributed by atoms with E-state index < -0.39 is 17.5 Å². The number of nitrogens with one attached hydrogen (secondary N) is 2. The number of aromatic nitrogens is 1. The first-order chi connectivity index (χ1) is 16.1. The molecule has 10 heteroatoms. The van der Waals surface area contributed by atoms with E-state index in [1.165, 1.54) is 48.5 Å². The average molecular weight is 519 g/mol. The first-order valence-electron chi connectivity index (χ1n) is 9.99. The lowest BCUT2D eigenvalue weighted by atomic mass is 9.96. The largest absolute Gasteiger partial charge is 0.496 e. The van der Waals surface area contributed by atoms with Crippen molar-refractivity contribution in [1.82, 2.24) is 9.88 Å². The normalized spacial score (nSPS) is 10.2. The first kappa shape index (κ1) is 27.8. The number of carbonyl (C=O) groups excluding carboxylic acids is 2. The van der Waals surface area contributed by atoms with Gasteiger partial charge < -0.3 is 15.0 Å². The highest BCUT2D eigenvalue weighted by Crippen LogP contribution is 2.30. The topological polar surface area (TPSA) is 95.4 Å². The number of ketones is 1. The van der Waals surface area contributed by atoms with Gasteiger partial charge in [-0.25, -0.2) is 9.37 Å². The molecule has 0 saturated heterocycles.